The van der Waals surface area contributed by atoms with Crippen molar-refractivity contribution in [2.24, 2.45) is 0 Å². The number of imidazole rings is 1. The zero-order chi connectivity index (χ0) is 15.3. The van der Waals surface area contributed by atoms with E-state index in [1.54, 1.807) is 18.4 Å². The molecular formula is C12H19N3O3S3. The van der Waals surface area contributed by atoms with Crippen LogP contribution >= 0.6 is 23.1 Å². The second kappa shape index (κ2) is 7.59. The number of ether oxygens (including phenoxy) is 1. The maximum Gasteiger partial charge on any atom is 0.194 e. The van der Waals surface area contributed by atoms with E-state index in [9.17, 15) is 8.42 Å². The number of hydrogen-bond acceptors (Lipinski definition) is 7. The van der Waals surface area contributed by atoms with Gasteiger partial charge in [-0.2, -0.15) is 0 Å². The predicted octanol–water partition coefficient (Wildman–Crippen LogP) is 1.27. The van der Waals surface area contributed by atoms with Crippen LogP contribution in [-0.4, -0.2) is 55.8 Å². The smallest absolute Gasteiger partial charge is 0.194 e. The van der Waals surface area contributed by atoms with Gasteiger partial charge in [0.2, 0.25) is 0 Å². The van der Waals surface area contributed by atoms with Crippen molar-refractivity contribution >= 4 is 37.9 Å². The second-order valence-electron chi connectivity index (χ2n) is 4.57. The van der Waals surface area contributed by atoms with Gasteiger partial charge in [0.15, 0.2) is 4.96 Å². The summed E-state index contributed by atoms with van der Waals surface area (Å²) >= 11 is 3.07. The van der Waals surface area contributed by atoms with Gasteiger partial charge >= 0.3 is 0 Å². The molecule has 0 saturated heterocycles. The summed E-state index contributed by atoms with van der Waals surface area (Å²) in [5.41, 5.74) is 1.07. The molecule has 0 spiro atoms. The van der Waals surface area contributed by atoms with Crippen molar-refractivity contribution < 1.29 is 13.2 Å². The summed E-state index contributed by atoms with van der Waals surface area (Å²) < 4.78 is 29.5. The summed E-state index contributed by atoms with van der Waals surface area (Å²) in [6.45, 7) is 2.10. The van der Waals surface area contributed by atoms with Crippen LogP contribution in [0.15, 0.2) is 16.6 Å². The molecular weight excluding hydrogens is 330 g/mol. The quantitative estimate of drug-likeness (QED) is 0.543. The third-order valence-corrected chi connectivity index (χ3v) is 5.76. The number of nitrogens with one attached hydrogen (secondary N) is 1. The van der Waals surface area contributed by atoms with Crippen molar-refractivity contribution in [3.8, 4) is 0 Å². The van der Waals surface area contributed by atoms with Gasteiger partial charge in [0.25, 0.3) is 0 Å². The van der Waals surface area contributed by atoms with E-state index in [1.165, 1.54) is 18.0 Å². The van der Waals surface area contributed by atoms with E-state index in [2.05, 4.69) is 10.3 Å². The van der Waals surface area contributed by atoms with Crippen LogP contribution in [0.5, 0.6) is 0 Å². The van der Waals surface area contributed by atoms with E-state index in [4.69, 9.17) is 4.74 Å². The number of hydrogen-bond donors (Lipinski definition) is 1. The number of aromatic nitrogens is 2. The number of thiazole rings is 1. The van der Waals surface area contributed by atoms with Crippen molar-refractivity contribution in [3.05, 3.63) is 17.3 Å². The molecule has 2 aromatic rings. The van der Waals surface area contributed by atoms with Crippen LogP contribution in [0.1, 0.15) is 5.69 Å². The predicted molar refractivity (Wildman–Crippen MR) is 87.1 cm³/mol. The average molecular weight is 350 g/mol. The third-order valence-electron chi connectivity index (χ3n) is 2.79. The Morgan fingerprint density at radius 1 is 1.52 bits per heavy atom. The monoisotopic (exact) mass is 349 g/mol. The topological polar surface area (TPSA) is 72.7 Å². The molecule has 0 saturated carbocycles. The summed E-state index contributed by atoms with van der Waals surface area (Å²) in [4.78, 5) is 5.50. The fraction of sp³-hybridized carbons (Fsp3) is 0.583. The lowest BCUT2D eigenvalue weighted by molar-refractivity contribution is 0.199. The van der Waals surface area contributed by atoms with Crippen LogP contribution in [0.4, 0.5) is 0 Å². The Hall–Kier alpha value is -0.610. The summed E-state index contributed by atoms with van der Waals surface area (Å²) in [6.07, 6.45) is 3.24. The minimum absolute atomic E-state index is 0.166. The Kier molecular flexibility index (Phi) is 6.06. The highest BCUT2D eigenvalue weighted by molar-refractivity contribution is 8.00. The number of nitrogens with zero attached hydrogens (tertiary/aromatic N) is 2. The zero-order valence-corrected chi connectivity index (χ0v) is 14.5. The first-order valence-electron chi connectivity index (χ1n) is 6.46. The molecule has 0 bridgehead atoms. The summed E-state index contributed by atoms with van der Waals surface area (Å²) in [5.74, 6) is 0.689. The fourth-order valence-electron chi connectivity index (χ4n) is 1.76. The largest absolute Gasteiger partial charge is 0.383 e. The van der Waals surface area contributed by atoms with Crippen LogP contribution in [0.25, 0.3) is 4.96 Å². The first-order valence-corrected chi connectivity index (χ1v) is 10.4. The molecule has 2 heterocycles. The molecule has 0 aliphatic carbocycles. The molecule has 2 aromatic heterocycles. The molecule has 0 atom stereocenters. The third kappa shape index (κ3) is 4.96. The minimum atomic E-state index is -2.93. The summed E-state index contributed by atoms with van der Waals surface area (Å²) in [6, 6.07) is 0. The molecule has 0 aliphatic heterocycles. The lowest BCUT2D eigenvalue weighted by atomic mass is 10.4. The lowest BCUT2D eigenvalue weighted by Crippen LogP contribution is -2.19. The number of fused-ring (bicyclic) bond motifs is 1. The second-order valence-corrected chi connectivity index (χ2v) is 8.78. The molecule has 0 fully saturated rings. The zero-order valence-electron chi connectivity index (χ0n) is 12.0. The Morgan fingerprint density at radius 3 is 3.05 bits per heavy atom. The van der Waals surface area contributed by atoms with Gasteiger partial charge < -0.3 is 10.1 Å². The number of methoxy groups -OCH3 is 1. The van der Waals surface area contributed by atoms with Crippen LogP contribution in [0, 0.1) is 0 Å². The van der Waals surface area contributed by atoms with E-state index < -0.39 is 9.84 Å². The molecule has 21 heavy (non-hydrogen) atoms. The molecule has 0 aromatic carbocycles. The van der Waals surface area contributed by atoms with E-state index in [-0.39, 0.29) is 5.75 Å². The molecule has 1 N–H and O–H groups in total. The molecule has 9 heteroatoms. The number of thioether (sulfide) groups is 1. The minimum Gasteiger partial charge on any atom is -0.383 e. The Balaban J connectivity index is 2.04. The Morgan fingerprint density at radius 2 is 2.33 bits per heavy atom. The first-order chi connectivity index (χ1) is 10.0. The van der Waals surface area contributed by atoms with Crippen LogP contribution in [-0.2, 0) is 21.1 Å². The average Bonchev–Trinajstić information content (AvgIpc) is 2.95. The van der Waals surface area contributed by atoms with Gasteiger partial charge in [-0.25, -0.2) is 13.4 Å². The van der Waals surface area contributed by atoms with E-state index in [0.29, 0.717) is 18.9 Å². The van der Waals surface area contributed by atoms with Gasteiger partial charge in [-0.15, -0.1) is 23.1 Å². The van der Waals surface area contributed by atoms with Crippen molar-refractivity contribution in [3.63, 3.8) is 0 Å². The molecule has 0 radical (unpaired) electrons. The van der Waals surface area contributed by atoms with Crippen LogP contribution in [0.2, 0.25) is 0 Å². The van der Waals surface area contributed by atoms with Gasteiger partial charge in [0.05, 0.1) is 18.1 Å². The Bertz CT molecular complexity index is 678. The standard InChI is InChI=1S/C12H19N3O3S3/c1-18-5-3-13-9-10-11(19-7-8-21(2,16)17)14-12-15(10)4-6-20-12/h4,6,13H,3,5,7-9H2,1-2H3. The molecule has 118 valence electrons. The van der Waals surface area contributed by atoms with Crippen molar-refractivity contribution in [1.82, 2.24) is 14.7 Å². The van der Waals surface area contributed by atoms with Crippen LogP contribution in [0.3, 0.4) is 0 Å². The maximum absolute atomic E-state index is 11.2. The van der Waals surface area contributed by atoms with Gasteiger partial charge in [0.1, 0.15) is 14.9 Å². The number of sulfone groups is 1. The molecule has 6 nitrogen and oxygen atoms in total. The summed E-state index contributed by atoms with van der Waals surface area (Å²) in [5, 5.41) is 6.20. The fourth-order valence-corrected chi connectivity index (χ4v) is 4.78. The molecule has 2 rings (SSSR count). The van der Waals surface area contributed by atoms with Gasteiger partial charge in [-0.1, -0.05) is 0 Å². The van der Waals surface area contributed by atoms with Crippen molar-refractivity contribution in [2.75, 3.05) is 38.0 Å². The highest BCUT2D eigenvalue weighted by Gasteiger charge is 2.14. The van der Waals surface area contributed by atoms with Crippen molar-refractivity contribution in [2.45, 2.75) is 11.6 Å². The Labute approximate surface area is 132 Å². The molecule has 0 unspecified atom stereocenters. The molecule has 0 aliphatic rings. The molecule has 0 amide bonds. The normalized spacial score (nSPS) is 12.3. The number of rotatable bonds is 9. The van der Waals surface area contributed by atoms with E-state index in [0.717, 1.165) is 22.2 Å². The van der Waals surface area contributed by atoms with Gasteiger partial charge in [0, 0.05) is 43.8 Å². The van der Waals surface area contributed by atoms with Crippen molar-refractivity contribution in [1.29, 1.82) is 0 Å². The highest BCUT2D eigenvalue weighted by Crippen LogP contribution is 2.26. The highest BCUT2D eigenvalue weighted by atomic mass is 32.2. The van der Waals surface area contributed by atoms with E-state index >= 15 is 0 Å². The maximum atomic E-state index is 11.2. The lowest BCUT2D eigenvalue weighted by Gasteiger charge is -2.06. The van der Waals surface area contributed by atoms with Crippen LogP contribution < -0.4 is 5.32 Å². The summed E-state index contributed by atoms with van der Waals surface area (Å²) in [7, 11) is -1.26. The van der Waals surface area contributed by atoms with Gasteiger partial charge in [-0.05, 0) is 0 Å². The van der Waals surface area contributed by atoms with Gasteiger partial charge in [-0.3, -0.25) is 4.40 Å². The van der Waals surface area contributed by atoms with E-state index in [1.807, 2.05) is 16.0 Å². The SMILES string of the molecule is COCCNCc1c(SCCS(C)(=O)=O)nc2sccn12. The first kappa shape index (κ1) is 16.8.